The first kappa shape index (κ1) is 18.5. The molecule has 0 unspecified atom stereocenters. The van der Waals surface area contributed by atoms with Crippen molar-refractivity contribution in [2.45, 2.75) is 38.8 Å². The maximum Gasteiger partial charge on any atom is 0.237 e. The second-order valence-electron chi connectivity index (χ2n) is 6.68. The fourth-order valence-corrected chi connectivity index (χ4v) is 4.01. The minimum Gasteiger partial charge on any atom is -0.353 e. The Labute approximate surface area is 157 Å². The summed E-state index contributed by atoms with van der Waals surface area (Å²) >= 11 is 1.47. The van der Waals surface area contributed by atoms with E-state index in [1.54, 1.807) is 6.20 Å². The van der Waals surface area contributed by atoms with Crippen molar-refractivity contribution in [2.24, 2.45) is 0 Å². The number of hydrogen-bond donors (Lipinski definition) is 2. The van der Waals surface area contributed by atoms with Crippen LogP contribution in [-0.2, 0) is 16.0 Å². The van der Waals surface area contributed by atoms with Gasteiger partial charge in [0.05, 0.1) is 12.5 Å². The normalized spacial score (nSPS) is 18.0. The van der Waals surface area contributed by atoms with Crippen molar-refractivity contribution < 1.29 is 9.59 Å². The molecule has 2 amide bonds. The zero-order valence-corrected chi connectivity index (χ0v) is 15.9. The number of carbonyl (C=O) groups is 2. The molecule has 1 aliphatic heterocycles. The third-order valence-electron chi connectivity index (χ3n) is 4.44. The summed E-state index contributed by atoms with van der Waals surface area (Å²) in [4.78, 5) is 32.0. The Kier molecular flexibility index (Phi) is 6.00. The maximum atomic E-state index is 12.4. The largest absolute Gasteiger partial charge is 0.353 e. The first-order valence-electron chi connectivity index (χ1n) is 8.85. The number of piperazine rings is 1. The van der Waals surface area contributed by atoms with Gasteiger partial charge in [-0.2, -0.15) is 0 Å². The van der Waals surface area contributed by atoms with Crippen molar-refractivity contribution in [1.29, 1.82) is 0 Å². The monoisotopic (exact) mass is 372 g/mol. The molecule has 138 valence electrons. The third kappa shape index (κ3) is 4.68. The van der Waals surface area contributed by atoms with Gasteiger partial charge in [0, 0.05) is 36.6 Å². The Balaban J connectivity index is 1.58. The number of nitrogens with zero attached hydrogens (tertiary/aromatic N) is 2. The molecule has 2 N–H and O–H groups in total. The van der Waals surface area contributed by atoms with Gasteiger partial charge in [0.15, 0.2) is 5.13 Å². The molecular weight excluding hydrogens is 348 g/mol. The molecular formula is C19H24N4O2S. The van der Waals surface area contributed by atoms with E-state index >= 15 is 0 Å². The molecule has 2 heterocycles. The van der Waals surface area contributed by atoms with E-state index in [1.165, 1.54) is 16.9 Å². The fourth-order valence-electron chi connectivity index (χ4n) is 3.15. The smallest absolute Gasteiger partial charge is 0.237 e. The van der Waals surface area contributed by atoms with Crippen molar-refractivity contribution in [2.75, 3.05) is 18.4 Å². The van der Waals surface area contributed by atoms with Crippen LogP contribution in [0.2, 0.25) is 0 Å². The molecule has 1 atom stereocenters. The molecule has 1 aliphatic rings. The van der Waals surface area contributed by atoms with Gasteiger partial charge in [0.2, 0.25) is 11.8 Å². The topological polar surface area (TPSA) is 74.3 Å². The van der Waals surface area contributed by atoms with E-state index in [9.17, 15) is 9.59 Å². The Morgan fingerprint density at radius 2 is 2.15 bits per heavy atom. The minimum absolute atomic E-state index is 0.0796. The minimum atomic E-state index is -0.424. The van der Waals surface area contributed by atoms with Crippen LogP contribution in [0.25, 0.3) is 0 Å². The number of carbonyl (C=O) groups excluding carboxylic acids is 2. The van der Waals surface area contributed by atoms with E-state index in [0.717, 1.165) is 17.8 Å². The van der Waals surface area contributed by atoms with Gasteiger partial charge in [-0.05, 0) is 19.4 Å². The van der Waals surface area contributed by atoms with Gasteiger partial charge in [-0.3, -0.25) is 14.5 Å². The van der Waals surface area contributed by atoms with Gasteiger partial charge in [-0.25, -0.2) is 4.98 Å². The second kappa shape index (κ2) is 8.42. The molecule has 0 saturated carbocycles. The lowest BCUT2D eigenvalue weighted by atomic mass is 10.1. The Morgan fingerprint density at radius 3 is 2.88 bits per heavy atom. The van der Waals surface area contributed by atoms with Crippen molar-refractivity contribution in [1.82, 2.24) is 15.2 Å². The molecule has 2 aromatic rings. The van der Waals surface area contributed by atoms with Crippen LogP contribution in [0.3, 0.4) is 0 Å². The summed E-state index contributed by atoms with van der Waals surface area (Å²) < 4.78 is 0. The molecule has 3 rings (SSSR count). The molecule has 7 heteroatoms. The number of thiazole rings is 1. The van der Waals surface area contributed by atoms with Crippen LogP contribution < -0.4 is 10.6 Å². The standard InChI is InChI=1S/C19H24N4O2S/c1-13(2)23-9-8-20-18(25)16(23)11-17(24)22-19-21-12-15(26-19)10-14-6-4-3-5-7-14/h3-7,12-13,16H,8-11H2,1-2H3,(H,20,25)(H,21,22,24)/t16-/m1/s1. The lowest BCUT2D eigenvalue weighted by Crippen LogP contribution is -2.58. The molecule has 6 nitrogen and oxygen atoms in total. The SMILES string of the molecule is CC(C)N1CCNC(=O)[C@H]1CC(=O)Nc1ncc(Cc2ccccc2)s1. The number of anilines is 1. The predicted molar refractivity (Wildman–Crippen MR) is 103 cm³/mol. The molecule has 0 radical (unpaired) electrons. The zero-order chi connectivity index (χ0) is 18.5. The van der Waals surface area contributed by atoms with E-state index in [2.05, 4.69) is 32.7 Å². The maximum absolute atomic E-state index is 12.4. The molecule has 0 bridgehead atoms. The van der Waals surface area contributed by atoms with Gasteiger partial charge < -0.3 is 10.6 Å². The van der Waals surface area contributed by atoms with Crippen molar-refractivity contribution >= 4 is 28.3 Å². The van der Waals surface area contributed by atoms with Gasteiger partial charge in [0.25, 0.3) is 0 Å². The van der Waals surface area contributed by atoms with Gasteiger partial charge in [-0.1, -0.05) is 30.3 Å². The number of benzene rings is 1. The lowest BCUT2D eigenvalue weighted by molar-refractivity contribution is -0.133. The number of aromatic nitrogens is 1. The van der Waals surface area contributed by atoms with E-state index in [4.69, 9.17) is 0 Å². The van der Waals surface area contributed by atoms with Crippen molar-refractivity contribution in [3.63, 3.8) is 0 Å². The first-order valence-corrected chi connectivity index (χ1v) is 9.66. The zero-order valence-electron chi connectivity index (χ0n) is 15.1. The van der Waals surface area contributed by atoms with Gasteiger partial charge in [-0.15, -0.1) is 11.3 Å². The highest BCUT2D eigenvalue weighted by Gasteiger charge is 2.33. The third-order valence-corrected chi connectivity index (χ3v) is 5.35. The number of hydrogen-bond acceptors (Lipinski definition) is 5. The van der Waals surface area contributed by atoms with Crippen LogP contribution in [0, 0.1) is 0 Å². The molecule has 26 heavy (non-hydrogen) atoms. The summed E-state index contributed by atoms with van der Waals surface area (Å²) in [6, 6.07) is 9.94. The van der Waals surface area contributed by atoms with E-state index in [0.29, 0.717) is 11.7 Å². The first-order chi connectivity index (χ1) is 12.5. The highest BCUT2D eigenvalue weighted by molar-refractivity contribution is 7.15. The van der Waals surface area contributed by atoms with Gasteiger partial charge in [0.1, 0.15) is 0 Å². The van der Waals surface area contributed by atoms with E-state index in [1.807, 2.05) is 32.0 Å². The van der Waals surface area contributed by atoms with Gasteiger partial charge >= 0.3 is 0 Å². The van der Waals surface area contributed by atoms with Crippen molar-refractivity contribution in [3.05, 3.63) is 47.0 Å². The summed E-state index contributed by atoms with van der Waals surface area (Å²) in [6.07, 6.45) is 2.72. The van der Waals surface area contributed by atoms with Crippen LogP contribution in [0.1, 0.15) is 30.7 Å². The Morgan fingerprint density at radius 1 is 1.38 bits per heavy atom. The summed E-state index contributed by atoms with van der Waals surface area (Å²) in [7, 11) is 0. The molecule has 1 aromatic carbocycles. The number of nitrogens with one attached hydrogen (secondary N) is 2. The van der Waals surface area contributed by atoms with Crippen LogP contribution in [0.5, 0.6) is 0 Å². The molecule has 1 aromatic heterocycles. The summed E-state index contributed by atoms with van der Waals surface area (Å²) in [5.74, 6) is -0.262. The summed E-state index contributed by atoms with van der Waals surface area (Å²) in [5, 5.41) is 6.26. The second-order valence-corrected chi connectivity index (χ2v) is 7.80. The molecule has 0 aliphatic carbocycles. The highest BCUT2D eigenvalue weighted by atomic mass is 32.1. The quantitative estimate of drug-likeness (QED) is 0.816. The molecule has 1 saturated heterocycles. The van der Waals surface area contributed by atoms with Crippen LogP contribution in [0.4, 0.5) is 5.13 Å². The fraction of sp³-hybridized carbons (Fsp3) is 0.421. The van der Waals surface area contributed by atoms with E-state index in [-0.39, 0.29) is 24.3 Å². The number of rotatable bonds is 6. The van der Waals surface area contributed by atoms with E-state index < -0.39 is 6.04 Å². The Bertz CT molecular complexity index is 760. The average molecular weight is 372 g/mol. The van der Waals surface area contributed by atoms with Crippen LogP contribution >= 0.6 is 11.3 Å². The predicted octanol–water partition coefficient (Wildman–Crippen LogP) is 2.27. The summed E-state index contributed by atoms with van der Waals surface area (Å²) in [6.45, 7) is 5.48. The van der Waals surface area contributed by atoms with Crippen molar-refractivity contribution in [3.8, 4) is 0 Å². The average Bonchev–Trinajstić information content (AvgIpc) is 3.04. The van der Waals surface area contributed by atoms with Crippen LogP contribution in [0.15, 0.2) is 36.5 Å². The molecule has 1 fully saturated rings. The van der Waals surface area contributed by atoms with Crippen LogP contribution in [-0.4, -0.2) is 46.9 Å². The number of amides is 2. The summed E-state index contributed by atoms with van der Waals surface area (Å²) in [5.41, 5.74) is 1.21. The lowest BCUT2D eigenvalue weighted by Gasteiger charge is -2.37. The molecule has 0 spiro atoms. The Hall–Kier alpha value is -2.25. The highest BCUT2D eigenvalue weighted by Crippen LogP contribution is 2.22.